The number of furan rings is 1. The molecule has 3 rings (SSSR count). The summed E-state index contributed by atoms with van der Waals surface area (Å²) in [5, 5.41) is 0. The molecule has 0 saturated heterocycles. The van der Waals surface area contributed by atoms with Gasteiger partial charge in [-0.05, 0) is 23.3 Å². The zero-order valence-corrected chi connectivity index (χ0v) is 16.5. The molecule has 0 unspecified atom stereocenters. The van der Waals surface area contributed by atoms with Crippen LogP contribution in [0.25, 0.3) is 0 Å². The van der Waals surface area contributed by atoms with Crippen molar-refractivity contribution in [2.24, 2.45) is 9.98 Å². The molecule has 0 fully saturated rings. The van der Waals surface area contributed by atoms with Crippen molar-refractivity contribution in [2.75, 3.05) is 0 Å². The fourth-order valence-corrected chi connectivity index (χ4v) is 2.16. The van der Waals surface area contributed by atoms with Gasteiger partial charge in [0.05, 0.1) is 25.5 Å². The van der Waals surface area contributed by atoms with Crippen molar-refractivity contribution in [2.45, 2.75) is 13.1 Å². The Morgan fingerprint density at radius 3 is 1.46 bits per heavy atom. The van der Waals surface area contributed by atoms with E-state index < -0.39 is 0 Å². The van der Waals surface area contributed by atoms with E-state index in [4.69, 9.17) is 24.6 Å². The van der Waals surface area contributed by atoms with Crippen molar-refractivity contribution in [1.29, 1.82) is 0 Å². The summed E-state index contributed by atoms with van der Waals surface area (Å²) in [7, 11) is 9.53. The minimum atomic E-state index is 0.194. The zero-order chi connectivity index (χ0) is 18.5. The van der Waals surface area contributed by atoms with Crippen LogP contribution in [0.3, 0.4) is 0 Å². The summed E-state index contributed by atoms with van der Waals surface area (Å²) in [4.78, 5) is 8.78. The van der Waals surface area contributed by atoms with E-state index in [0.717, 1.165) is 11.5 Å². The average Bonchev–Trinajstić information content (AvgIpc) is 3.12. The molecule has 0 aliphatic heterocycles. The molecule has 136 valence electrons. The van der Waals surface area contributed by atoms with Gasteiger partial charge in [-0.2, -0.15) is 0 Å². The monoisotopic (exact) mass is 428 g/mol. The quantitative estimate of drug-likeness (QED) is 0.356. The third kappa shape index (κ3) is 8.03. The molecule has 0 aliphatic carbocycles. The SMILES string of the molecule is C(=NCc1ccccc1)c1ccc(C=NCc2ccccc2)o1.[Cl][Fe][Cl]. The molecule has 0 aliphatic rings. The first-order valence-corrected chi connectivity index (χ1v) is 10.9. The number of nitrogens with zero attached hydrogens (tertiary/aromatic N) is 2. The number of hydrogen-bond acceptors (Lipinski definition) is 3. The molecule has 0 radical (unpaired) electrons. The van der Waals surface area contributed by atoms with Gasteiger partial charge in [0.1, 0.15) is 11.5 Å². The maximum absolute atomic E-state index is 5.66. The van der Waals surface area contributed by atoms with Gasteiger partial charge in [-0.15, -0.1) is 0 Å². The molecule has 3 aromatic rings. The van der Waals surface area contributed by atoms with Gasteiger partial charge in [0, 0.05) is 0 Å². The van der Waals surface area contributed by atoms with Crippen LogP contribution in [-0.2, 0) is 26.2 Å². The Bertz CT molecular complexity index is 739. The molecule has 3 nitrogen and oxygen atoms in total. The van der Waals surface area contributed by atoms with Gasteiger partial charge in [0.2, 0.25) is 0 Å². The third-order valence-corrected chi connectivity index (χ3v) is 3.32. The van der Waals surface area contributed by atoms with Crippen molar-refractivity contribution in [3.05, 3.63) is 95.4 Å². The van der Waals surface area contributed by atoms with E-state index in [2.05, 4.69) is 34.3 Å². The summed E-state index contributed by atoms with van der Waals surface area (Å²) in [5.74, 6) is 1.48. The van der Waals surface area contributed by atoms with E-state index in [9.17, 15) is 0 Å². The van der Waals surface area contributed by atoms with Crippen LogP contribution >= 0.6 is 20.2 Å². The van der Waals surface area contributed by atoms with E-state index in [1.165, 1.54) is 11.1 Å². The molecule has 1 aromatic heterocycles. The van der Waals surface area contributed by atoms with E-state index in [1.54, 1.807) is 12.4 Å². The van der Waals surface area contributed by atoms with Crippen LogP contribution in [0.2, 0.25) is 0 Å². The van der Waals surface area contributed by atoms with Crippen molar-refractivity contribution in [3.63, 3.8) is 0 Å². The number of aliphatic imine (C=N–C) groups is 2. The second-order valence-corrected chi connectivity index (χ2v) is 7.03. The molecule has 0 atom stereocenters. The van der Waals surface area contributed by atoms with E-state index in [1.807, 2.05) is 48.5 Å². The van der Waals surface area contributed by atoms with Gasteiger partial charge in [-0.3, -0.25) is 9.98 Å². The van der Waals surface area contributed by atoms with Gasteiger partial charge in [0.25, 0.3) is 0 Å². The maximum atomic E-state index is 5.66. The van der Waals surface area contributed by atoms with E-state index in [-0.39, 0.29) is 13.1 Å². The van der Waals surface area contributed by atoms with Gasteiger partial charge < -0.3 is 4.42 Å². The number of hydrogen-bond donors (Lipinski definition) is 0. The molecule has 1 heterocycles. The fraction of sp³-hybridized carbons (Fsp3) is 0.100. The van der Waals surface area contributed by atoms with Crippen LogP contribution in [0.1, 0.15) is 22.6 Å². The van der Waals surface area contributed by atoms with E-state index >= 15 is 0 Å². The second-order valence-electron chi connectivity index (χ2n) is 5.20. The number of rotatable bonds is 6. The molecular formula is C20H18Cl2FeN2O. The molecule has 0 N–H and O–H groups in total. The standard InChI is InChI=1S/C20H18N2O.2ClH.Fe/c1-3-7-17(8-4-1)13-21-15-19-11-12-20(23-19)16-22-14-18-9-5-2-6-10-18;;;/h1-12,15-16H,13-14H2;2*1H;/q;;;+2/p-2. The van der Waals surface area contributed by atoms with Crippen LogP contribution in [-0.4, -0.2) is 12.4 Å². The molecule has 2 aromatic carbocycles. The first-order valence-electron chi connectivity index (χ1n) is 7.84. The summed E-state index contributed by atoms with van der Waals surface area (Å²) in [6, 6.07) is 24.1. The first kappa shape index (κ1) is 20.5. The predicted octanol–water partition coefficient (Wildman–Crippen LogP) is 5.89. The summed E-state index contributed by atoms with van der Waals surface area (Å²) in [5.41, 5.74) is 2.36. The summed E-state index contributed by atoms with van der Waals surface area (Å²) in [6.07, 6.45) is 3.50. The molecule has 26 heavy (non-hydrogen) atoms. The Morgan fingerprint density at radius 2 is 1.08 bits per heavy atom. The Hall–Kier alpha value is -1.84. The topological polar surface area (TPSA) is 37.9 Å². The van der Waals surface area contributed by atoms with Gasteiger partial charge in [-0.1, -0.05) is 60.7 Å². The van der Waals surface area contributed by atoms with Gasteiger partial charge >= 0.3 is 33.3 Å². The van der Waals surface area contributed by atoms with Crippen LogP contribution in [0.5, 0.6) is 0 Å². The molecule has 0 bridgehead atoms. The molecule has 0 spiro atoms. The van der Waals surface area contributed by atoms with Crippen molar-refractivity contribution >= 4 is 32.6 Å². The first-order chi connectivity index (χ1) is 12.8. The molecular weight excluding hydrogens is 411 g/mol. The second kappa shape index (κ2) is 12.5. The predicted molar refractivity (Wildman–Crippen MR) is 106 cm³/mol. The number of halogens is 2. The third-order valence-electron chi connectivity index (χ3n) is 3.32. The van der Waals surface area contributed by atoms with Gasteiger partial charge in [-0.25, -0.2) is 0 Å². The van der Waals surface area contributed by atoms with Crippen LogP contribution in [0.15, 0.2) is 87.2 Å². The van der Waals surface area contributed by atoms with Gasteiger partial charge in [0.15, 0.2) is 0 Å². The van der Waals surface area contributed by atoms with Crippen molar-refractivity contribution < 1.29 is 17.6 Å². The Morgan fingerprint density at radius 1 is 0.692 bits per heavy atom. The average molecular weight is 429 g/mol. The summed E-state index contributed by atoms with van der Waals surface area (Å²) < 4.78 is 5.66. The summed E-state index contributed by atoms with van der Waals surface area (Å²) >= 11 is 0.194. The van der Waals surface area contributed by atoms with Crippen LogP contribution < -0.4 is 0 Å². The van der Waals surface area contributed by atoms with Crippen molar-refractivity contribution in [1.82, 2.24) is 0 Å². The summed E-state index contributed by atoms with van der Waals surface area (Å²) in [6.45, 7) is 1.30. The van der Waals surface area contributed by atoms with E-state index in [0.29, 0.717) is 13.1 Å². The molecule has 6 heteroatoms. The van der Waals surface area contributed by atoms with Crippen LogP contribution in [0, 0.1) is 0 Å². The molecule has 0 amide bonds. The fourth-order valence-electron chi connectivity index (χ4n) is 2.16. The molecule has 0 saturated carbocycles. The van der Waals surface area contributed by atoms with Crippen LogP contribution in [0.4, 0.5) is 0 Å². The minimum absolute atomic E-state index is 0.194. The van der Waals surface area contributed by atoms with Crippen molar-refractivity contribution in [3.8, 4) is 0 Å². The Kier molecular flexibility index (Phi) is 9.84. The Balaban J connectivity index is 0.000000758. The number of benzene rings is 2. The zero-order valence-electron chi connectivity index (χ0n) is 13.9. The normalized spacial score (nSPS) is 11.0. The Labute approximate surface area is 168 Å².